The zero-order chi connectivity index (χ0) is 17.6. The summed E-state index contributed by atoms with van der Waals surface area (Å²) in [6.07, 6.45) is 4.39. The first-order valence-electron chi connectivity index (χ1n) is 8.20. The molecule has 1 aliphatic rings. The number of ether oxygens (including phenoxy) is 3. The second-order valence-corrected chi connectivity index (χ2v) is 6.00. The Morgan fingerprint density at radius 2 is 2.00 bits per heavy atom. The quantitative estimate of drug-likeness (QED) is 0.870. The van der Waals surface area contributed by atoms with Crippen molar-refractivity contribution < 1.29 is 19.0 Å². The molecular weight excluding hydrogens is 320 g/mol. The Bertz CT molecular complexity index is 721. The van der Waals surface area contributed by atoms with E-state index in [1.165, 1.54) is 5.56 Å². The standard InChI is InChI=1S/C19H22N2O4/c1-23-15-3-4-18(24-2)16(10-15)19(22)21-17-12-25-11-14(17)9-13-5-7-20-8-6-13/h3-8,10,14,17H,9,11-12H2,1-2H3,(H,21,22)/t14-,17-/m1/s1. The molecule has 1 aromatic carbocycles. The zero-order valence-corrected chi connectivity index (χ0v) is 14.4. The van der Waals surface area contributed by atoms with Gasteiger partial charge in [0.15, 0.2) is 0 Å². The normalized spacial score (nSPS) is 19.4. The van der Waals surface area contributed by atoms with Crippen molar-refractivity contribution in [3.8, 4) is 11.5 Å². The van der Waals surface area contributed by atoms with Crippen LogP contribution in [0.4, 0.5) is 0 Å². The Morgan fingerprint density at radius 1 is 1.20 bits per heavy atom. The zero-order valence-electron chi connectivity index (χ0n) is 14.4. The van der Waals surface area contributed by atoms with Gasteiger partial charge in [-0.1, -0.05) is 0 Å². The molecule has 132 valence electrons. The number of aromatic nitrogens is 1. The minimum absolute atomic E-state index is 0.0448. The summed E-state index contributed by atoms with van der Waals surface area (Å²) < 4.78 is 16.1. The molecule has 0 spiro atoms. The number of methoxy groups -OCH3 is 2. The predicted molar refractivity (Wildman–Crippen MR) is 93.1 cm³/mol. The molecular formula is C19H22N2O4. The number of nitrogens with one attached hydrogen (secondary N) is 1. The lowest BCUT2D eigenvalue weighted by Crippen LogP contribution is -2.40. The SMILES string of the molecule is COc1ccc(OC)c(C(=O)N[C@@H]2COC[C@H]2Cc2ccncc2)c1. The highest BCUT2D eigenvalue weighted by atomic mass is 16.5. The van der Waals surface area contributed by atoms with Crippen LogP contribution in [0.1, 0.15) is 15.9 Å². The molecule has 0 unspecified atom stereocenters. The fourth-order valence-corrected chi connectivity index (χ4v) is 3.02. The van der Waals surface area contributed by atoms with Gasteiger partial charge in [-0.2, -0.15) is 0 Å². The number of carbonyl (C=O) groups is 1. The van der Waals surface area contributed by atoms with Crippen molar-refractivity contribution in [1.82, 2.24) is 10.3 Å². The average Bonchev–Trinajstić information content (AvgIpc) is 3.08. The van der Waals surface area contributed by atoms with Crippen LogP contribution in [0.2, 0.25) is 0 Å². The van der Waals surface area contributed by atoms with Gasteiger partial charge in [0.1, 0.15) is 11.5 Å². The van der Waals surface area contributed by atoms with Crippen molar-refractivity contribution in [2.45, 2.75) is 12.5 Å². The maximum atomic E-state index is 12.7. The predicted octanol–water partition coefficient (Wildman–Crippen LogP) is 2.09. The van der Waals surface area contributed by atoms with Gasteiger partial charge in [-0.3, -0.25) is 9.78 Å². The molecule has 3 rings (SSSR count). The van der Waals surface area contributed by atoms with Crippen LogP contribution in [0.25, 0.3) is 0 Å². The summed E-state index contributed by atoms with van der Waals surface area (Å²) in [5.41, 5.74) is 1.64. The van der Waals surface area contributed by atoms with Crippen LogP contribution >= 0.6 is 0 Å². The largest absolute Gasteiger partial charge is 0.497 e. The van der Waals surface area contributed by atoms with Crippen molar-refractivity contribution in [1.29, 1.82) is 0 Å². The average molecular weight is 342 g/mol. The van der Waals surface area contributed by atoms with E-state index < -0.39 is 0 Å². The third-order valence-corrected chi connectivity index (χ3v) is 4.41. The van der Waals surface area contributed by atoms with Gasteiger partial charge >= 0.3 is 0 Å². The van der Waals surface area contributed by atoms with Crippen molar-refractivity contribution >= 4 is 5.91 Å². The number of pyridine rings is 1. The smallest absolute Gasteiger partial charge is 0.255 e. The molecule has 0 radical (unpaired) electrons. The van der Waals surface area contributed by atoms with E-state index in [-0.39, 0.29) is 17.9 Å². The van der Waals surface area contributed by atoms with E-state index in [0.29, 0.717) is 30.3 Å². The summed E-state index contributed by atoms with van der Waals surface area (Å²) >= 11 is 0. The Hall–Kier alpha value is -2.60. The van der Waals surface area contributed by atoms with Crippen LogP contribution in [-0.4, -0.2) is 44.4 Å². The lowest BCUT2D eigenvalue weighted by atomic mass is 9.95. The van der Waals surface area contributed by atoms with E-state index in [4.69, 9.17) is 14.2 Å². The topological polar surface area (TPSA) is 69.7 Å². The number of hydrogen-bond donors (Lipinski definition) is 1. The first-order chi connectivity index (χ1) is 12.2. The summed E-state index contributed by atoms with van der Waals surface area (Å²) in [7, 11) is 3.11. The molecule has 0 bridgehead atoms. The Labute approximate surface area is 147 Å². The highest BCUT2D eigenvalue weighted by Gasteiger charge is 2.30. The molecule has 1 saturated heterocycles. The summed E-state index contributed by atoms with van der Waals surface area (Å²) in [4.78, 5) is 16.8. The molecule has 1 amide bonds. The van der Waals surface area contributed by atoms with Crippen LogP contribution in [0.15, 0.2) is 42.7 Å². The van der Waals surface area contributed by atoms with Crippen molar-refractivity contribution in [3.05, 3.63) is 53.9 Å². The van der Waals surface area contributed by atoms with E-state index in [0.717, 1.165) is 6.42 Å². The molecule has 1 N–H and O–H groups in total. The molecule has 6 heteroatoms. The van der Waals surface area contributed by atoms with Crippen molar-refractivity contribution in [2.75, 3.05) is 27.4 Å². The minimum atomic E-state index is -0.189. The minimum Gasteiger partial charge on any atom is -0.497 e. The second kappa shape index (κ2) is 7.98. The van der Waals surface area contributed by atoms with E-state index >= 15 is 0 Å². The molecule has 1 fully saturated rings. The van der Waals surface area contributed by atoms with E-state index in [1.807, 2.05) is 12.1 Å². The van der Waals surface area contributed by atoms with Gasteiger partial charge in [0.05, 0.1) is 39.0 Å². The first-order valence-corrected chi connectivity index (χ1v) is 8.20. The third-order valence-electron chi connectivity index (χ3n) is 4.41. The number of hydrogen-bond acceptors (Lipinski definition) is 5. The fourth-order valence-electron chi connectivity index (χ4n) is 3.02. The molecule has 2 atom stereocenters. The molecule has 6 nitrogen and oxygen atoms in total. The van der Waals surface area contributed by atoms with E-state index in [1.54, 1.807) is 44.8 Å². The summed E-state index contributed by atoms with van der Waals surface area (Å²) in [5, 5.41) is 3.08. The lowest BCUT2D eigenvalue weighted by molar-refractivity contribution is 0.0921. The van der Waals surface area contributed by atoms with Gasteiger partial charge < -0.3 is 19.5 Å². The van der Waals surface area contributed by atoms with Crippen LogP contribution < -0.4 is 14.8 Å². The lowest BCUT2D eigenvalue weighted by Gasteiger charge is -2.20. The fraction of sp³-hybridized carbons (Fsp3) is 0.368. The molecule has 0 saturated carbocycles. The molecule has 0 aliphatic carbocycles. The van der Waals surface area contributed by atoms with Gasteiger partial charge in [0.2, 0.25) is 0 Å². The third kappa shape index (κ3) is 4.09. The van der Waals surface area contributed by atoms with Gasteiger partial charge in [-0.05, 0) is 42.3 Å². The molecule has 2 aromatic rings. The maximum Gasteiger partial charge on any atom is 0.255 e. The van der Waals surface area contributed by atoms with E-state index in [9.17, 15) is 4.79 Å². The Morgan fingerprint density at radius 3 is 2.72 bits per heavy atom. The Kier molecular flexibility index (Phi) is 5.50. The van der Waals surface area contributed by atoms with Crippen LogP contribution in [0.3, 0.4) is 0 Å². The number of amides is 1. The number of carbonyl (C=O) groups excluding carboxylic acids is 1. The first kappa shape index (κ1) is 17.2. The monoisotopic (exact) mass is 342 g/mol. The van der Waals surface area contributed by atoms with Gasteiger partial charge in [-0.25, -0.2) is 0 Å². The number of rotatable bonds is 6. The van der Waals surface area contributed by atoms with Gasteiger partial charge in [-0.15, -0.1) is 0 Å². The maximum absolute atomic E-state index is 12.7. The number of benzene rings is 1. The molecule has 25 heavy (non-hydrogen) atoms. The summed E-state index contributed by atoms with van der Waals surface area (Å²) in [6.45, 7) is 1.14. The molecule has 2 heterocycles. The highest BCUT2D eigenvalue weighted by Crippen LogP contribution is 2.25. The molecule has 1 aromatic heterocycles. The van der Waals surface area contributed by atoms with Crippen molar-refractivity contribution in [2.24, 2.45) is 5.92 Å². The van der Waals surface area contributed by atoms with Crippen LogP contribution in [0.5, 0.6) is 11.5 Å². The summed E-state index contributed by atoms with van der Waals surface area (Å²) in [6, 6.07) is 9.11. The van der Waals surface area contributed by atoms with Gasteiger partial charge in [0, 0.05) is 18.3 Å². The van der Waals surface area contributed by atoms with E-state index in [2.05, 4.69) is 10.3 Å². The van der Waals surface area contributed by atoms with Crippen LogP contribution in [-0.2, 0) is 11.2 Å². The number of nitrogens with zero attached hydrogens (tertiary/aromatic N) is 1. The Balaban J connectivity index is 1.71. The second-order valence-electron chi connectivity index (χ2n) is 6.00. The summed E-state index contributed by atoms with van der Waals surface area (Å²) in [5.74, 6) is 1.17. The van der Waals surface area contributed by atoms with Gasteiger partial charge in [0.25, 0.3) is 5.91 Å². The van der Waals surface area contributed by atoms with Crippen molar-refractivity contribution in [3.63, 3.8) is 0 Å². The molecule has 1 aliphatic heterocycles. The highest BCUT2D eigenvalue weighted by molar-refractivity contribution is 5.97. The van der Waals surface area contributed by atoms with Crippen LogP contribution in [0, 0.1) is 5.92 Å².